The van der Waals surface area contributed by atoms with Gasteiger partial charge in [0.25, 0.3) is 0 Å². The zero-order valence-electron chi connectivity index (χ0n) is 19.0. The van der Waals surface area contributed by atoms with Crippen LogP contribution in [0.1, 0.15) is 5.56 Å². The monoisotopic (exact) mass is 465 g/mol. The average molecular weight is 466 g/mol. The van der Waals surface area contributed by atoms with E-state index in [1.54, 1.807) is 12.4 Å². The third-order valence-corrected chi connectivity index (χ3v) is 7.09. The van der Waals surface area contributed by atoms with Crippen LogP contribution < -0.4 is 10.6 Å². The second-order valence-electron chi connectivity index (χ2n) is 8.44. The van der Waals surface area contributed by atoms with Crippen molar-refractivity contribution in [1.29, 1.82) is 0 Å². The van der Waals surface area contributed by atoms with E-state index in [2.05, 4.69) is 60.3 Å². The number of benzene rings is 1. The first kappa shape index (κ1) is 22.5. The Bertz CT molecular complexity index is 1050. The Labute approximate surface area is 199 Å². The number of anilines is 1. The number of piperazine rings is 1. The normalized spacial score (nSPS) is 20.2. The van der Waals surface area contributed by atoms with Crippen molar-refractivity contribution in [2.45, 2.75) is 12.6 Å². The molecule has 174 valence electrons. The van der Waals surface area contributed by atoms with Crippen LogP contribution in [0.2, 0.25) is 0 Å². The maximum atomic E-state index is 5.82. The van der Waals surface area contributed by atoms with Gasteiger partial charge in [0.15, 0.2) is 5.82 Å². The van der Waals surface area contributed by atoms with Crippen LogP contribution in [0.15, 0.2) is 42.7 Å². The van der Waals surface area contributed by atoms with Crippen molar-refractivity contribution in [1.82, 2.24) is 29.5 Å². The van der Waals surface area contributed by atoms with Crippen molar-refractivity contribution < 1.29 is 4.74 Å². The first-order valence-corrected chi connectivity index (χ1v) is 12.8. The number of nitrogens with zero attached hydrogens (tertiary/aromatic N) is 5. The second-order valence-corrected chi connectivity index (χ2v) is 9.32. The van der Waals surface area contributed by atoms with Crippen molar-refractivity contribution >= 4 is 28.8 Å². The highest BCUT2D eigenvalue weighted by atomic mass is 32.2. The van der Waals surface area contributed by atoms with E-state index < -0.39 is 0 Å². The fourth-order valence-electron chi connectivity index (χ4n) is 4.31. The first-order chi connectivity index (χ1) is 16.3. The fourth-order valence-corrected chi connectivity index (χ4v) is 4.84. The van der Waals surface area contributed by atoms with Gasteiger partial charge in [0.05, 0.1) is 23.9 Å². The van der Waals surface area contributed by atoms with Gasteiger partial charge < -0.3 is 15.4 Å². The molecule has 3 aromatic rings. The molecule has 1 atom stereocenters. The third kappa shape index (κ3) is 5.62. The molecule has 2 N–H and O–H groups in total. The van der Waals surface area contributed by atoms with Crippen molar-refractivity contribution in [2.24, 2.45) is 0 Å². The van der Waals surface area contributed by atoms with Crippen LogP contribution in [0, 0.1) is 0 Å². The van der Waals surface area contributed by atoms with Crippen LogP contribution in [0.25, 0.3) is 22.3 Å². The lowest BCUT2D eigenvalue weighted by molar-refractivity contribution is 0.0372. The Morgan fingerprint density at radius 3 is 2.70 bits per heavy atom. The van der Waals surface area contributed by atoms with Crippen molar-refractivity contribution in [2.75, 3.05) is 64.0 Å². The van der Waals surface area contributed by atoms with Gasteiger partial charge in [0, 0.05) is 70.3 Å². The van der Waals surface area contributed by atoms with E-state index in [1.165, 1.54) is 5.56 Å². The van der Waals surface area contributed by atoms with Crippen molar-refractivity contribution in [3.05, 3.63) is 48.3 Å². The summed E-state index contributed by atoms with van der Waals surface area (Å²) >= 11 is 1.84. The molecule has 1 aromatic carbocycles. The summed E-state index contributed by atoms with van der Waals surface area (Å²) in [7, 11) is 0. The Morgan fingerprint density at radius 1 is 1.12 bits per heavy atom. The highest BCUT2D eigenvalue weighted by Gasteiger charge is 2.17. The fraction of sp³-hybridized carbons (Fsp3) is 0.458. The second kappa shape index (κ2) is 10.8. The lowest BCUT2D eigenvalue weighted by Crippen LogP contribution is -2.42. The van der Waals surface area contributed by atoms with Crippen LogP contribution in [-0.2, 0) is 11.3 Å². The van der Waals surface area contributed by atoms with E-state index in [1.807, 2.05) is 18.0 Å². The van der Waals surface area contributed by atoms with Crippen LogP contribution in [0.3, 0.4) is 0 Å². The van der Waals surface area contributed by atoms with Gasteiger partial charge in [0.2, 0.25) is 0 Å². The molecule has 33 heavy (non-hydrogen) atoms. The summed E-state index contributed by atoms with van der Waals surface area (Å²) in [4.78, 5) is 16.5. The number of aromatic nitrogens is 3. The molecule has 8 nitrogen and oxygen atoms in total. The SMILES string of the molecule is CSN1CCN(Cc2ccc(-c3cc4nccnc4c(NCC4CNCCO4)n3)cc2)CC1. The molecule has 0 amide bonds. The molecule has 0 bridgehead atoms. The molecular formula is C24H31N7OS. The summed E-state index contributed by atoms with van der Waals surface area (Å²) in [6.45, 7) is 8.62. The minimum atomic E-state index is 0.119. The number of morpholine rings is 1. The standard InChI is InChI=1S/C24H31N7OS/c1-33-31-11-9-30(10-12-31)17-18-2-4-19(5-3-18)21-14-22-23(27-7-6-26-22)24(29-21)28-16-20-15-25-8-13-32-20/h2-7,14,20,25H,8-13,15-17H2,1H3,(H,28,29). The lowest BCUT2D eigenvalue weighted by atomic mass is 10.1. The quantitative estimate of drug-likeness (QED) is 0.512. The molecule has 0 saturated carbocycles. The summed E-state index contributed by atoms with van der Waals surface area (Å²) in [6.07, 6.45) is 5.71. The number of hydrogen-bond donors (Lipinski definition) is 2. The number of hydrogen-bond acceptors (Lipinski definition) is 9. The average Bonchev–Trinajstić information content (AvgIpc) is 2.88. The van der Waals surface area contributed by atoms with Gasteiger partial charge in [-0.25, -0.2) is 14.3 Å². The van der Waals surface area contributed by atoms with Crippen molar-refractivity contribution in [3.63, 3.8) is 0 Å². The van der Waals surface area contributed by atoms with Crippen LogP contribution in [0.5, 0.6) is 0 Å². The molecule has 2 fully saturated rings. The van der Waals surface area contributed by atoms with E-state index in [0.29, 0.717) is 6.54 Å². The smallest absolute Gasteiger partial charge is 0.154 e. The Hall–Kier alpha value is -2.30. The topological polar surface area (TPSA) is 78.4 Å². The zero-order valence-corrected chi connectivity index (χ0v) is 19.9. The maximum absolute atomic E-state index is 5.82. The summed E-state index contributed by atoms with van der Waals surface area (Å²) in [5.74, 6) is 0.750. The van der Waals surface area contributed by atoms with Crippen LogP contribution in [-0.4, -0.2) is 88.9 Å². The minimum absolute atomic E-state index is 0.119. The number of nitrogens with one attached hydrogen (secondary N) is 2. The van der Waals surface area contributed by atoms with Gasteiger partial charge in [-0.1, -0.05) is 36.2 Å². The Balaban J connectivity index is 1.31. The van der Waals surface area contributed by atoms with E-state index in [9.17, 15) is 0 Å². The molecular weight excluding hydrogens is 434 g/mol. The molecule has 0 radical (unpaired) electrons. The minimum Gasteiger partial charge on any atom is -0.374 e. The van der Waals surface area contributed by atoms with Gasteiger partial charge in [-0.3, -0.25) is 9.88 Å². The van der Waals surface area contributed by atoms with Gasteiger partial charge >= 0.3 is 0 Å². The van der Waals surface area contributed by atoms with Crippen LogP contribution in [0.4, 0.5) is 5.82 Å². The van der Waals surface area contributed by atoms with Gasteiger partial charge in [-0.2, -0.15) is 0 Å². The van der Waals surface area contributed by atoms with Crippen LogP contribution >= 0.6 is 11.9 Å². The lowest BCUT2D eigenvalue weighted by Gasteiger charge is -2.33. The largest absolute Gasteiger partial charge is 0.374 e. The predicted octanol–water partition coefficient (Wildman–Crippen LogP) is 2.49. The van der Waals surface area contributed by atoms with Crippen molar-refractivity contribution in [3.8, 4) is 11.3 Å². The summed E-state index contributed by atoms with van der Waals surface area (Å²) in [5, 5.41) is 6.82. The molecule has 2 aliphatic heterocycles. The molecule has 9 heteroatoms. The van der Waals surface area contributed by atoms with E-state index >= 15 is 0 Å². The van der Waals surface area contributed by atoms with Gasteiger partial charge in [0.1, 0.15) is 5.52 Å². The molecule has 4 heterocycles. The molecule has 1 unspecified atom stereocenters. The van der Waals surface area contributed by atoms with E-state index in [4.69, 9.17) is 9.72 Å². The maximum Gasteiger partial charge on any atom is 0.154 e. The van der Waals surface area contributed by atoms with E-state index in [-0.39, 0.29) is 6.10 Å². The highest BCUT2D eigenvalue weighted by Crippen LogP contribution is 2.26. The number of fused-ring (bicyclic) bond motifs is 1. The summed E-state index contributed by atoms with van der Waals surface area (Å²) in [5.41, 5.74) is 4.93. The molecule has 2 aromatic heterocycles. The summed E-state index contributed by atoms with van der Waals surface area (Å²) in [6, 6.07) is 10.8. The highest BCUT2D eigenvalue weighted by molar-refractivity contribution is 7.96. The molecule has 0 spiro atoms. The van der Waals surface area contributed by atoms with E-state index in [0.717, 1.165) is 80.5 Å². The first-order valence-electron chi connectivity index (χ1n) is 11.6. The number of ether oxygens (including phenoxy) is 1. The third-order valence-electron chi connectivity index (χ3n) is 6.20. The van der Waals surface area contributed by atoms with Gasteiger partial charge in [-0.05, 0) is 17.9 Å². The predicted molar refractivity (Wildman–Crippen MR) is 134 cm³/mol. The number of pyridine rings is 1. The Morgan fingerprint density at radius 2 is 1.94 bits per heavy atom. The molecule has 2 aliphatic rings. The Kier molecular flexibility index (Phi) is 7.33. The number of rotatable bonds is 7. The summed E-state index contributed by atoms with van der Waals surface area (Å²) < 4.78 is 8.24. The molecule has 5 rings (SSSR count). The van der Waals surface area contributed by atoms with Gasteiger partial charge in [-0.15, -0.1) is 0 Å². The molecule has 0 aliphatic carbocycles. The molecule has 2 saturated heterocycles. The zero-order chi connectivity index (χ0) is 22.5.